The molecule has 0 aromatic carbocycles. The average Bonchev–Trinajstić information content (AvgIpc) is 2.12. The van der Waals surface area contributed by atoms with Gasteiger partial charge in [0.25, 0.3) is 0 Å². The van der Waals surface area contributed by atoms with Crippen LogP contribution in [0, 0.1) is 0 Å². The lowest BCUT2D eigenvalue weighted by molar-refractivity contribution is 0.0506. The Balaban J connectivity index is 2.41. The molecule has 56 valence electrons. The van der Waals surface area contributed by atoms with Crippen LogP contribution in [-0.4, -0.2) is 5.60 Å². The SMILES string of the molecule is CC(C)(C)OC1=CC=CC1. The van der Waals surface area contributed by atoms with Crippen molar-refractivity contribution in [3.8, 4) is 0 Å². The molecule has 0 spiro atoms. The lowest BCUT2D eigenvalue weighted by Gasteiger charge is -2.21. The summed E-state index contributed by atoms with van der Waals surface area (Å²) in [6.07, 6.45) is 7.10. The maximum atomic E-state index is 5.60. The Kier molecular flexibility index (Phi) is 1.84. The Labute approximate surface area is 62.4 Å². The second-order valence-electron chi connectivity index (χ2n) is 3.48. The van der Waals surface area contributed by atoms with E-state index < -0.39 is 0 Å². The molecule has 1 rings (SSSR count). The standard InChI is InChI=1S/C9H14O/c1-9(2,3)10-8-6-4-5-7-8/h4-6H,7H2,1-3H3. The van der Waals surface area contributed by atoms with Crippen LogP contribution in [0.2, 0.25) is 0 Å². The lowest BCUT2D eigenvalue weighted by Crippen LogP contribution is -2.18. The Morgan fingerprint density at radius 2 is 2.10 bits per heavy atom. The summed E-state index contributed by atoms with van der Waals surface area (Å²) in [7, 11) is 0. The van der Waals surface area contributed by atoms with Crippen LogP contribution < -0.4 is 0 Å². The minimum Gasteiger partial charge on any atom is -0.492 e. The summed E-state index contributed by atoms with van der Waals surface area (Å²) in [4.78, 5) is 0. The number of hydrogen-bond donors (Lipinski definition) is 0. The highest BCUT2D eigenvalue weighted by atomic mass is 16.5. The smallest absolute Gasteiger partial charge is 0.100 e. The molecule has 0 saturated heterocycles. The van der Waals surface area contributed by atoms with Gasteiger partial charge in [-0.25, -0.2) is 0 Å². The predicted octanol–water partition coefficient (Wildman–Crippen LogP) is 2.65. The second kappa shape index (κ2) is 2.49. The van der Waals surface area contributed by atoms with E-state index in [4.69, 9.17) is 4.74 Å². The van der Waals surface area contributed by atoms with Crippen LogP contribution in [0.1, 0.15) is 27.2 Å². The fraction of sp³-hybridized carbons (Fsp3) is 0.556. The van der Waals surface area contributed by atoms with Crippen molar-refractivity contribution in [3.05, 3.63) is 24.0 Å². The number of rotatable bonds is 1. The van der Waals surface area contributed by atoms with Crippen LogP contribution in [0.15, 0.2) is 24.0 Å². The van der Waals surface area contributed by atoms with Gasteiger partial charge in [0.2, 0.25) is 0 Å². The molecule has 0 amide bonds. The van der Waals surface area contributed by atoms with Gasteiger partial charge in [-0.1, -0.05) is 12.2 Å². The van der Waals surface area contributed by atoms with Gasteiger partial charge < -0.3 is 4.74 Å². The highest BCUT2D eigenvalue weighted by Crippen LogP contribution is 2.19. The molecule has 1 aliphatic carbocycles. The van der Waals surface area contributed by atoms with Crippen molar-refractivity contribution >= 4 is 0 Å². The third-order valence-electron chi connectivity index (χ3n) is 1.17. The van der Waals surface area contributed by atoms with Crippen molar-refractivity contribution in [2.24, 2.45) is 0 Å². The number of ether oxygens (including phenoxy) is 1. The zero-order chi connectivity index (χ0) is 7.61. The molecule has 0 aromatic heterocycles. The van der Waals surface area contributed by atoms with Crippen molar-refractivity contribution in [2.45, 2.75) is 32.8 Å². The van der Waals surface area contributed by atoms with Crippen LogP contribution >= 0.6 is 0 Å². The van der Waals surface area contributed by atoms with E-state index in [-0.39, 0.29) is 5.60 Å². The number of hydrogen-bond acceptors (Lipinski definition) is 1. The zero-order valence-corrected chi connectivity index (χ0v) is 6.85. The van der Waals surface area contributed by atoms with Crippen LogP contribution in [0.4, 0.5) is 0 Å². The molecule has 0 unspecified atom stereocenters. The predicted molar refractivity (Wildman–Crippen MR) is 42.7 cm³/mol. The van der Waals surface area contributed by atoms with Gasteiger partial charge in [0, 0.05) is 6.42 Å². The molecule has 0 aliphatic heterocycles. The molecule has 0 saturated carbocycles. The molecular weight excluding hydrogens is 124 g/mol. The molecule has 0 heterocycles. The second-order valence-corrected chi connectivity index (χ2v) is 3.48. The van der Waals surface area contributed by atoms with Gasteiger partial charge in [-0.05, 0) is 26.8 Å². The fourth-order valence-corrected chi connectivity index (χ4v) is 0.897. The summed E-state index contributed by atoms with van der Waals surface area (Å²) >= 11 is 0. The first-order valence-electron chi connectivity index (χ1n) is 3.63. The molecule has 0 bridgehead atoms. The first kappa shape index (κ1) is 7.39. The van der Waals surface area contributed by atoms with Crippen molar-refractivity contribution in [2.75, 3.05) is 0 Å². The van der Waals surface area contributed by atoms with E-state index in [1.54, 1.807) is 0 Å². The third-order valence-corrected chi connectivity index (χ3v) is 1.17. The zero-order valence-electron chi connectivity index (χ0n) is 6.85. The van der Waals surface area contributed by atoms with Crippen LogP contribution in [0.25, 0.3) is 0 Å². The molecular formula is C9H14O. The Hall–Kier alpha value is -0.720. The van der Waals surface area contributed by atoms with E-state index in [1.807, 2.05) is 12.2 Å². The summed E-state index contributed by atoms with van der Waals surface area (Å²) < 4.78 is 5.60. The van der Waals surface area contributed by atoms with Gasteiger partial charge in [0.05, 0.1) is 0 Å². The molecule has 0 atom stereocenters. The lowest BCUT2D eigenvalue weighted by atomic mass is 10.2. The monoisotopic (exact) mass is 138 g/mol. The summed E-state index contributed by atoms with van der Waals surface area (Å²) in [6.45, 7) is 6.18. The summed E-state index contributed by atoms with van der Waals surface area (Å²) in [5.74, 6) is 1.08. The highest BCUT2D eigenvalue weighted by molar-refractivity contribution is 5.18. The first-order valence-corrected chi connectivity index (χ1v) is 3.63. The van der Waals surface area contributed by atoms with Gasteiger partial charge in [-0.15, -0.1) is 0 Å². The molecule has 0 aromatic rings. The van der Waals surface area contributed by atoms with Crippen LogP contribution in [-0.2, 0) is 4.74 Å². The fourth-order valence-electron chi connectivity index (χ4n) is 0.897. The Morgan fingerprint density at radius 1 is 1.40 bits per heavy atom. The van der Waals surface area contributed by atoms with Crippen molar-refractivity contribution in [3.63, 3.8) is 0 Å². The quantitative estimate of drug-likeness (QED) is 0.541. The maximum Gasteiger partial charge on any atom is 0.100 e. The van der Waals surface area contributed by atoms with Gasteiger partial charge in [0.1, 0.15) is 11.4 Å². The van der Waals surface area contributed by atoms with Gasteiger partial charge in [-0.3, -0.25) is 0 Å². The summed E-state index contributed by atoms with van der Waals surface area (Å²) in [5, 5.41) is 0. The van der Waals surface area contributed by atoms with Gasteiger partial charge in [0.15, 0.2) is 0 Å². The van der Waals surface area contributed by atoms with Gasteiger partial charge >= 0.3 is 0 Å². The van der Waals surface area contributed by atoms with Crippen LogP contribution in [0.5, 0.6) is 0 Å². The molecule has 1 heteroatoms. The largest absolute Gasteiger partial charge is 0.492 e. The Bertz CT molecular complexity index is 170. The van der Waals surface area contributed by atoms with Gasteiger partial charge in [-0.2, -0.15) is 0 Å². The average molecular weight is 138 g/mol. The van der Waals surface area contributed by atoms with Crippen molar-refractivity contribution < 1.29 is 4.74 Å². The van der Waals surface area contributed by atoms with Crippen molar-refractivity contribution in [1.29, 1.82) is 0 Å². The third kappa shape index (κ3) is 2.26. The molecule has 0 N–H and O–H groups in total. The van der Waals surface area contributed by atoms with E-state index in [2.05, 4.69) is 26.8 Å². The highest BCUT2D eigenvalue weighted by Gasteiger charge is 2.13. The Morgan fingerprint density at radius 3 is 2.50 bits per heavy atom. The molecule has 0 fully saturated rings. The minimum atomic E-state index is -0.0438. The van der Waals surface area contributed by atoms with E-state index >= 15 is 0 Å². The summed E-state index contributed by atoms with van der Waals surface area (Å²) in [6, 6.07) is 0. The molecule has 10 heavy (non-hydrogen) atoms. The van der Waals surface area contributed by atoms with Crippen molar-refractivity contribution in [1.82, 2.24) is 0 Å². The molecule has 1 aliphatic rings. The van der Waals surface area contributed by atoms with E-state index in [0.29, 0.717) is 0 Å². The molecule has 0 radical (unpaired) electrons. The topological polar surface area (TPSA) is 9.23 Å². The van der Waals surface area contributed by atoms with Crippen LogP contribution in [0.3, 0.4) is 0 Å². The van der Waals surface area contributed by atoms with E-state index in [0.717, 1.165) is 12.2 Å². The summed E-state index contributed by atoms with van der Waals surface area (Å²) in [5.41, 5.74) is -0.0438. The molecule has 1 nitrogen and oxygen atoms in total. The normalized spacial score (nSPS) is 17.3. The van der Waals surface area contributed by atoms with E-state index in [1.165, 1.54) is 0 Å². The minimum absolute atomic E-state index is 0.0438. The first-order chi connectivity index (χ1) is 4.58. The van der Waals surface area contributed by atoms with E-state index in [9.17, 15) is 0 Å². The number of allylic oxidation sites excluding steroid dienone is 3. The maximum absolute atomic E-state index is 5.60.